The molecule has 0 radical (unpaired) electrons. The molecule has 2 aromatic carbocycles. The summed E-state index contributed by atoms with van der Waals surface area (Å²) in [4.78, 5) is 0. The van der Waals surface area contributed by atoms with Crippen molar-refractivity contribution in [2.45, 2.75) is 51.7 Å². The van der Waals surface area contributed by atoms with Crippen molar-refractivity contribution in [3.63, 3.8) is 0 Å². The van der Waals surface area contributed by atoms with Crippen molar-refractivity contribution >= 4 is 13.3 Å². The molecule has 0 fully saturated rings. The summed E-state index contributed by atoms with van der Waals surface area (Å²) in [6.07, 6.45) is 6.32. The fourth-order valence-electron chi connectivity index (χ4n) is 2.80. The van der Waals surface area contributed by atoms with Crippen LogP contribution in [-0.4, -0.2) is 15.0 Å². The van der Waals surface area contributed by atoms with Crippen molar-refractivity contribution in [3.8, 4) is 5.75 Å². The van der Waals surface area contributed by atoms with Crippen LogP contribution in [0, 0.1) is 0 Å². The van der Waals surface area contributed by atoms with E-state index in [4.69, 9.17) is 9.47 Å². The quantitative estimate of drug-likeness (QED) is 0.482. The van der Waals surface area contributed by atoms with E-state index in [1.807, 2.05) is 12.1 Å². The average molecular weight is 324 g/mol. The van der Waals surface area contributed by atoms with Gasteiger partial charge in [-0.25, -0.2) is 0 Å². The van der Waals surface area contributed by atoms with Gasteiger partial charge in [-0.2, -0.15) is 0 Å². The lowest BCUT2D eigenvalue weighted by atomic mass is 9.93. The van der Waals surface area contributed by atoms with Crippen LogP contribution in [-0.2, 0) is 11.3 Å². The summed E-state index contributed by atoms with van der Waals surface area (Å²) in [5, 5.41) is 0. The first-order chi connectivity index (χ1) is 11.7. The standard InChI is InChI=1S/C21H29BO2/c1-3-4-5-6-7-21(18-10-12-19(22)13-11-18)24-16-17-8-14-20(23-2)15-9-17/h8-15,21H,3-7,16,22H2,1-2H3/t21-/m0/s1. The number of methoxy groups -OCH3 is 1. The van der Waals surface area contributed by atoms with E-state index in [0.717, 1.165) is 12.2 Å². The highest BCUT2D eigenvalue weighted by Gasteiger charge is 2.12. The Bertz CT molecular complexity index is 578. The normalized spacial score (nSPS) is 12.1. The zero-order valence-electron chi connectivity index (χ0n) is 15.3. The van der Waals surface area contributed by atoms with Gasteiger partial charge in [-0.15, -0.1) is 0 Å². The maximum atomic E-state index is 6.27. The van der Waals surface area contributed by atoms with Crippen molar-refractivity contribution in [3.05, 3.63) is 59.7 Å². The molecule has 3 heteroatoms. The molecular formula is C21H29BO2. The van der Waals surface area contributed by atoms with Crippen LogP contribution in [0.2, 0.25) is 0 Å². The molecule has 0 bridgehead atoms. The molecule has 0 aliphatic carbocycles. The Hall–Kier alpha value is -1.74. The monoisotopic (exact) mass is 324 g/mol. The first-order valence-corrected chi connectivity index (χ1v) is 9.04. The third-order valence-corrected chi connectivity index (χ3v) is 4.38. The number of rotatable bonds is 10. The highest BCUT2D eigenvalue weighted by Crippen LogP contribution is 2.25. The van der Waals surface area contributed by atoms with E-state index in [1.165, 1.54) is 42.3 Å². The van der Waals surface area contributed by atoms with Gasteiger partial charge in [0.15, 0.2) is 0 Å². The summed E-state index contributed by atoms with van der Waals surface area (Å²) in [6.45, 7) is 2.88. The molecule has 0 spiro atoms. The summed E-state index contributed by atoms with van der Waals surface area (Å²) in [5.41, 5.74) is 3.76. The average Bonchev–Trinajstić information content (AvgIpc) is 2.62. The second kappa shape index (κ2) is 10.2. The highest BCUT2D eigenvalue weighted by atomic mass is 16.5. The summed E-state index contributed by atoms with van der Waals surface area (Å²) < 4.78 is 11.5. The molecule has 128 valence electrons. The molecule has 0 saturated carbocycles. The molecule has 0 saturated heterocycles. The predicted molar refractivity (Wildman–Crippen MR) is 104 cm³/mol. The molecule has 24 heavy (non-hydrogen) atoms. The van der Waals surface area contributed by atoms with Gasteiger partial charge in [-0.05, 0) is 29.7 Å². The van der Waals surface area contributed by atoms with E-state index in [1.54, 1.807) is 7.11 Å². The molecule has 0 unspecified atom stereocenters. The van der Waals surface area contributed by atoms with E-state index in [9.17, 15) is 0 Å². The molecule has 2 rings (SSSR count). The Morgan fingerprint density at radius 3 is 2.25 bits per heavy atom. The smallest absolute Gasteiger partial charge is 0.139 e. The van der Waals surface area contributed by atoms with Gasteiger partial charge < -0.3 is 9.47 Å². The third-order valence-electron chi connectivity index (χ3n) is 4.38. The number of benzene rings is 2. The minimum atomic E-state index is 0.171. The maximum Gasteiger partial charge on any atom is 0.139 e. The Morgan fingerprint density at radius 2 is 1.62 bits per heavy atom. The molecule has 0 heterocycles. The molecule has 0 aliphatic heterocycles. The largest absolute Gasteiger partial charge is 0.497 e. The fraction of sp³-hybridized carbons (Fsp3) is 0.429. The Balaban J connectivity index is 1.97. The minimum Gasteiger partial charge on any atom is -0.497 e. The lowest BCUT2D eigenvalue weighted by molar-refractivity contribution is 0.0321. The van der Waals surface area contributed by atoms with Crippen molar-refractivity contribution in [1.82, 2.24) is 0 Å². The first kappa shape index (κ1) is 18.6. The Morgan fingerprint density at radius 1 is 0.917 bits per heavy atom. The number of hydrogen-bond donors (Lipinski definition) is 0. The lowest BCUT2D eigenvalue weighted by Crippen LogP contribution is -2.08. The first-order valence-electron chi connectivity index (χ1n) is 9.04. The zero-order valence-corrected chi connectivity index (χ0v) is 15.3. The fourth-order valence-corrected chi connectivity index (χ4v) is 2.80. The molecule has 2 aromatic rings. The zero-order chi connectivity index (χ0) is 17.2. The summed E-state index contributed by atoms with van der Waals surface area (Å²) in [6, 6.07) is 16.9. The van der Waals surface area contributed by atoms with Crippen molar-refractivity contribution in [2.75, 3.05) is 7.11 Å². The van der Waals surface area contributed by atoms with Gasteiger partial charge in [0, 0.05) is 0 Å². The molecule has 2 nitrogen and oxygen atoms in total. The SMILES string of the molecule is Bc1ccc([C@H](CCCCCC)OCc2ccc(OC)cc2)cc1. The van der Waals surface area contributed by atoms with Crippen LogP contribution in [0.3, 0.4) is 0 Å². The van der Waals surface area contributed by atoms with Gasteiger partial charge >= 0.3 is 0 Å². The Labute approximate surface area is 147 Å². The second-order valence-corrected chi connectivity index (χ2v) is 6.41. The van der Waals surface area contributed by atoms with E-state index in [-0.39, 0.29) is 6.10 Å². The van der Waals surface area contributed by atoms with Crippen LogP contribution in [0.5, 0.6) is 5.75 Å². The van der Waals surface area contributed by atoms with E-state index < -0.39 is 0 Å². The van der Waals surface area contributed by atoms with E-state index >= 15 is 0 Å². The molecule has 0 amide bonds. The summed E-state index contributed by atoms with van der Waals surface area (Å²) in [7, 11) is 3.81. The van der Waals surface area contributed by atoms with E-state index in [2.05, 4.69) is 51.2 Å². The highest BCUT2D eigenvalue weighted by molar-refractivity contribution is 6.32. The van der Waals surface area contributed by atoms with Crippen LogP contribution in [0.4, 0.5) is 0 Å². The van der Waals surface area contributed by atoms with Crippen LogP contribution in [0.25, 0.3) is 0 Å². The van der Waals surface area contributed by atoms with Crippen molar-refractivity contribution in [1.29, 1.82) is 0 Å². The Kier molecular flexibility index (Phi) is 7.90. The molecule has 0 aromatic heterocycles. The van der Waals surface area contributed by atoms with Gasteiger partial charge in [0.05, 0.1) is 19.8 Å². The van der Waals surface area contributed by atoms with Gasteiger partial charge in [0.1, 0.15) is 13.6 Å². The molecular weight excluding hydrogens is 295 g/mol. The van der Waals surface area contributed by atoms with Crippen LogP contribution in [0.1, 0.15) is 56.3 Å². The van der Waals surface area contributed by atoms with Crippen LogP contribution in [0.15, 0.2) is 48.5 Å². The number of unbranched alkanes of at least 4 members (excludes halogenated alkanes) is 3. The molecule has 0 N–H and O–H groups in total. The minimum absolute atomic E-state index is 0.171. The van der Waals surface area contributed by atoms with Crippen molar-refractivity contribution in [2.24, 2.45) is 0 Å². The van der Waals surface area contributed by atoms with Crippen LogP contribution >= 0.6 is 0 Å². The topological polar surface area (TPSA) is 18.5 Å². The second-order valence-electron chi connectivity index (χ2n) is 6.41. The number of hydrogen-bond acceptors (Lipinski definition) is 2. The third kappa shape index (κ3) is 6.05. The maximum absolute atomic E-state index is 6.27. The van der Waals surface area contributed by atoms with E-state index in [0.29, 0.717) is 6.61 Å². The van der Waals surface area contributed by atoms with Crippen LogP contribution < -0.4 is 10.2 Å². The molecule has 1 atom stereocenters. The van der Waals surface area contributed by atoms with Gasteiger partial charge in [0.25, 0.3) is 0 Å². The van der Waals surface area contributed by atoms with Gasteiger partial charge in [-0.1, -0.05) is 74.5 Å². The predicted octanol–water partition coefficient (Wildman–Crippen LogP) is 4.18. The number of ether oxygens (including phenoxy) is 2. The summed E-state index contributed by atoms with van der Waals surface area (Å²) >= 11 is 0. The molecule has 0 aliphatic rings. The van der Waals surface area contributed by atoms with Crippen molar-refractivity contribution < 1.29 is 9.47 Å². The lowest BCUT2D eigenvalue weighted by Gasteiger charge is -2.19. The van der Waals surface area contributed by atoms with Gasteiger partial charge in [0.2, 0.25) is 0 Å². The van der Waals surface area contributed by atoms with Gasteiger partial charge in [-0.3, -0.25) is 0 Å². The summed E-state index contributed by atoms with van der Waals surface area (Å²) in [5.74, 6) is 0.883.